The summed E-state index contributed by atoms with van der Waals surface area (Å²) in [5, 5.41) is 7.25. The van der Waals surface area contributed by atoms with Crippen molar-refractivity contribution < 1.29 is 8.42 Å². The van der Waals surface area contributed by atoms with Crippen LogP contribution in [0.1, 0.15) is 5.56 Å². The molecule has 0 amide bonds. The normalized spacial score (nSPS) is 11.5. The molecule has 1 aromatic carbocycles. The van der Waals surface area contributed by atoms with Crippen molar-refractivity contribution in [1.29, 1.82) is 0 Å². The number of benzene rings is 1. The summed E-state index contributed by atoms with van der Waals surface area (Å²) in [7, 11) is -2.28. The third-order valence-electron chi connectivity index (χ3n) is 2.47. The molecule has 2 aromatic rings. The quantitative estimate of drug-likeness (QED) is 0.854. The van der Waals surface area contributed by atoms with Crippen LogP contribution in [-0.2, 0) is 23.6 Å². The van der Waals surface area contributed by atoms with Gasteiger partial charge in [0.05, 0.1) is 5.69 Å². The van der Waals surface area contributed by atoms with Crippen molar-refractivity contribution >= 4 is 31.6 Å². The van der Waals surface area contributed by atoms with Crippen LogP contribution in [0, 0.1) is 0 Å². The van der Waals surface area contributed by atoms with Gasteiger partial charge in [-0.25, -0.2) is 4.68 Å². The molecule has 7 nitrogen and oxygen atoms in total. The monoisotopic (exact) mass is 345 g/mol. The van der Waals surface area contributed by atoms with Crippen molar-refractivity contribution in [2.75, 3.05) is 4.72 Å². The molecule has 0 aliphatic carbocycles. The number of anilines is 1. The lowest BCUT2D eigenvalue weighted by molar-refractivity contribution is 0.578. The topological polar surface area (TPSA) is 103 Å². The molecule has 0 atom stereocenters. The van der Waals surface area contributed by atoms with Crippen LogP contribution in [0.3, 0.4) is 0 Å². The van der Waals surface area contributed by atoms with Gasteiger partial charge >= 0.3 is 0 Å². The van der Waals surface area contributed by atoms with Gasteiger partial charge in [-0.05, 0) is 27.6 Å². The van der Waals surface area contributed by atoms with E-state index in [0.29, 0.717) is 11.3 Å². The minimum absolute atomic E-state index is 0.0423. The average molecular weight is 346 g/mol. The molecule has 0 spiro atoms. The molecule has 9 heteroatoms. The second kappa shape index (κ2) is 5.27. The Hall–Kier alpha value is -1.45. The summed E-state index contributed by atoms with van der Waals surface area (Å²) >= 11 is 3.06. The lowest BCUT2D eigenvalue weighted by Crippen LogP contribution is -2.18. The number of rotatable bonds is 4. The number of hydrogen-bond donors (Lipinski definition) is 2. The van der Waals surface area contributed by atoms with Crippen LogP contribution in [0.5, 0.6) is 0 Å². The summed E-state index contributed by atoms with van der Waals surface area (Å²) in [5.74, 6) is 0. The molecule has 0 aliphatic heterocycles. The Labute approximate surface area is 119 Å². The first-order chi connectivity index (χ1) is 8.95. The minimum Gasteiger partial charge on any atom is -0.326 e. The van der Waals surface area contributed by atoms with Gasteiger partial charge in [0, 0.05) is 13.6 Å². The number of aromatic nitrogens is 3. The van der Waals surface area contributed by atoms with Gasteiger partial charge in [-0.3, -0.25) is 4.72 Å². The van der Waals surface area contributed by atoms with Crippen molar-refractivity contribution in [3.8, 4) is 0 Å². The molecule has 1 heterocycles. The summed E-state index contributed by atoms with van der Waals surface area (Å²) in [6.07, 6.45) is 0. The fourth-order valence-electron chi connectivity index (χ4n) is 1.60. The second-order valence-electron chi connectivity index (χ2n) is 3.78. The Morgan fingerprint density at radius 3 is 2.68 bits per heavy atom. The Morgan fingerprint density at radius 2 is 2.11 bits per heavy atom. The van der Waals surface area contributed by atoms with Gasteiger partial charge in [0.25, 0.3) is 10.0 Å². The van der Waals surface area contributed by atoms with E-state index in [1.807, 2.05) is 0 Å². The van der Waals surface area contributed by atoms with Gasteiger partial charge in [-0.2, -0.15) is 8.42 Å². The molecule has 0 fully saturated rings. The van der Waals surface area contributed by atoms with Gasteiger partial charge < -0.3 is 5.73 Å². The zero-order valence-electron chi connectivity index (χ0n) is 10.0. The number of nitrogens with zero attached hydrogens (tertiary/aromatic N) is 3. The third-order valence-corrected chi connectivity index (χ3v) is 4.73. The minimum atomic E-state index is -3.78. The van der Waals surface area contributed by atoms with Crippen LogP contribution in [-0.4, -0.2) is 23.4 Å². The van der Waals surface area contributed by atoms with E-state index in [4.69, 9.17) is 5.73 Å². The van der Waals surface area contributed by atoms with E-state index in [0.717, 1.165) is 0 Å². The van der Waals surface area contributed by atoms with E-state index < -0.39 is 10.0 Å². The smallest absolute Gasteiger partial charge is 0.281 e. The number of halogens is 1. The molecule has 3 N–H and O–H groups in total. The van der Waals surface area contributed by atoms with Gasteiger partial charge in [-0.1, -0.05) is 23.4 Å². The van der Waals surface area contributed by atoms with Crippen LogP contribution in [0.25, 0.3) is 0 Å². The molecule has 0 saturated heterocycles. The molecule has 102 valence electrons. The molecule has 19 heavy (non-hydrogen) atoms. The zero-order valence-corrected chi connectivity index (χ0v) is 12.4. The van der Waals surface area contributed by atoms with E-state index >= 15 is 0 Å². The average Bonchev–Trinajstić information content (AvgIpc) is 2.70. The molecule has 0 radical (unpaired) electrons. The molecule has 0 aliphatic rings. The van der Waals surface area contributed by atoms with Crippen LogP contribution in [0.15, 0.2) is 33.9 Å². The molecule has 0 saturated carbocycles. The molecule has 0 bridgehead atoms. The van der Waals surface area contributed by atoms with E-state index in [9.17, 15) is 8.42 Å². The first-order valence-corrected chi connectivity index (χ1v) is 7.59. The Morgan fingerprint density at radius 1 is 1.42 bits per heavy atom. The fourth-order valence-corrected chi connectivity index (χ4v) is 3.80. The molecule has 1 aromatic heterocycles. The lowest BCUT2D eigenvalue weighted by Gasteiger charge is -2.11. The predicted octanol–water partition coefficient (Wildman–Crippen LogP) is 0.837. The van der Waals surface area contributed by atoms with Crippen molar-refractivity contribution in [3.63, 3.8) is 0 Å². The SMILES string of the molecule is Cn1nnc(Br)c1S(=O)(=O)Nc1ccccc1CN. The molecule has 0 unspecified atom stereocenters. The summed E-state index contributed by atoms with van der Waals surface area (Å²) in [4.78, 5) is 0. The van der Waals surface area contributed by atoms with E-state index in [2.05, 4.69) is 31.0 Å². The number of hydrogen-bond acceptors (Lipinski definition) is 5. The highest BCUT2D eigenvalue weighted by Crippen LogP contribution is 2.23. The zero-order chi connectivity index (χ0) is 14.0. The predicted molar refractivity (Wildman–Crippen MR) is 73.8 cm³/mol. The fraction of sp³-hybridized carbons (Fsp3) is 0.200. The van der Waals surface area contributed by atoms with Gasteiger partial charge in [0.15, 0.2) is 4.60 Å². The maximum atomic E-state index is 12.3. The first-order valence-electron chi connectivity index (χ1n) is 5.31. The summed E-state index contributed by atoms with van der Waals surface area (Å²) in [6.45, 7) is 0.240. The number of sulfonamides is 1. The van der Waals surface area contributed by atoms with Crippen LogP contribution < -0.4 is 10.5 Å². The summed E-state index contributed by atoms with van der Waals surface area (Å²) in [6, 6.07) is 6.93. The largest absolute Gasteiger partial charge is 0.326 e. The van der Waals surface area contributed by atoms with Gasteiger partial charge in [-0.15, -0.1) is 5.10 Å². The van der Waals surface area contributed by atoms with E-state index in [-0.39, 0.29) is 16.2 Å². The van der Waals surface area contributed by atoms with Crippen LogP contribution >= 0.6 is 15.9 Å². The standard InChI is InChI=1S/C10H12BrN5O2S/c1-16-10(9(11)13-15-16)19(17,18)14-8-5-3-2-4-7(8)6-12/h2-5,14H,6,12H2,1H3. The Bertz CT molecular complexity index is 678. The number of nitrogens with one attached hydrogen (secondary N) is 1. The maximum absolute atomic E-state index is 12.3. The molecular weight excluding hydrogens is 334 g/mol. The Kier molecular flexibility index (Phi) is 3.88. The first kappa shape index (κ1) is 14.0. The summed E-state index contributed by atoms with van der Waals surface area (Å²) in [5.41, 5.74) is 6.72. The number of nitrogens with two attached hydrogens (primary N) is 1. The van der Waals surface area contributed by atoms with Crippen molar-refractivity contribution in [2.45, 2.75) is 11.6 Å². The highest BCUT2D eigenvalue weighted by Gasteiger charge is 2.24. The highest BCUT2D eigenvalue weighted by molar-refractivity contribution is 9.10. The van der Waals surface area contributed by atoms with Crippen molar-refractivity contribution in [3.05, 3.63) is 34.4 Å². The van der Waals surface area contributed by atoms with Crippen LogP contribution in [0.2, 0.25) is 0 Å². The number of aryl methyl sites for hydroxylation is 1. The molecule has 2 rings (SSSR count). The highest BCUT2D eigenvalue weighted by atomic mass is 79.9. The van der Waals surface area contributed by atoms with Crippen molar-refractivity contribution in [1.82, 2.24) is 15.0 Å². The van der Waals surface area contributed by atoms with E-state index in [1.165, 1.54) is 11.7 Å². The maximum Gasteiger partial charge on any atom is 0.281 e. The van der Waals surface area contributed by atoms with E-state index in [1.54, 1.807) is 24.3 Å². The van der Waals surface area contributed by atoms with Crippen molar-refractivity contribution in [2.24, 2.45) is 12.8 Å². The number of para-hydroxylation sites is 1. The third kappa shape index (κ3) is 2.77. The summed E-state index contributed by atoms with van der Waals surface area (Å²) < 4.78 is 28.4. The van der Waals surface area contributed by atoms with Gasteiger partial charge in [0.1, 0.15) is 0 Å². The molecular formula is C10H12BrN5O2S. The van der Waals surface area contributed by atoms with Gasteiger partial charge in [0.2, 0.25) is 5.03 Å². The second-order valence-corrected chi connectivity index (χ2v) is 6.12. The lowest BCUT2D eigenvalue weighted by atomic mass is 10.2. The van der Waals surface area contributed by atoms with Crippen LogP contribution in [0.4, 0.5) is 5.69 Å². The Balaban J connectivity index is 2.43.